The second-order valence-electron chi connectivity index (χ2n) is 4.93. The van der Waals surface area contributed by atoms with Crippen LogP contribution in [0, 0.1) is 5.82 Å². The highest BCUT2D eigenvalue weighted by Gasteiger charge is 2.11. The highest BCUT2D eigenvalue weighted by molar-refractivity contribution is 7.98. The Morgan fingerprint density at radius 2 is 1.79 bits per heavy atom. The molecule has 5 nitrogen and oxygen atoms in total. The topological polar surface area (TPSA) is 66.0 Å². The molecule has 0 aliphatic rings. The maximum absolute atomic E-state index is 12.9. The summed E-state index contributed by atoms with van der Waals surface area (Å²) < 4.78 is 19.8. The summed E-state index contributed by atoms with van der Waals surface area (Å²) in [4.78, 5) is 0. The van der Waals surface area contributed by atoms with Gasteiger partial charge >= 0.3 is 0 Å². The molecule has 2 aromatic carbocycles. The molecule has 0 bridgehead atoms. The normalized spacial score (nSPS) is 10.8. The lowest BCUT2D eigenvalue weighted by atomic mass is 10.2. The van der Waals surface area contributed by atoms with Crippen LogP contribution in [0.15, 0.2) is 53.7 Å². The van der Waals surface area contributed by atoms with Crippen LogP contribution in [0.4, 0.5) is 4.39 Å². The van der Waals surface area contributed by atoms with Crippen LogP contribution in [0.5, 0.6) is 5.75 Å². The summed E-state index contributed by atoms with van der Waals surface area (Å²) in [5.74, 6) is 7.40. The largest absolute Gasteiger partial charge is 0.486 e. The minimum absolute atomic E-state index is 0.149. The Bertz CT molecular complexity index is 741. The first-order valence-corrected chi connectivity index (χ1v) is 8.43. The van der Waals surface area contributed by atoms with Gasteiger partial charge in [-0.2, -0.15) is 0 Å². The molecule has 0 spiro atoms. The predicted molar refractivity (Wildman–Crippen MR) is 91.9 cm³/mol. The standard InChI is InChI=1S/C16H14ClFN4OS/c17-12-3-1-11(2-4-12)10-24-16-21-20-15(22(16)19)9-23-14-7-5-13(18)6-8-14/h1-8H,9-10,19H2. The lowest BCUT2D eigenvalue weighted by Gasteiger charge is -2.06. The summed E-state index contributed by atoms with van der Waals surface area (Å²) in [5.41, 5.74) is 1.11. The smallest absolute Gasteiger partial charge is 0.210 e. The lowest BCUT2D eigenvalue weighted by molar-refractivity contribution is 0.291. The molecule has 0 unspecified atom stereocenters. The molecule has 0 saturated carbocycles. The Kier molecular flexibility index (Phi) is 5.22. The van der Waals surface area contributed by atoms with E-state index in [-0.39, 0.29) is 12.4 Å². The van der Waals surface area contributed by atoms with Gasteiger partial charge in [0, 0.05) is 10.8 Å². The molecule has 3 rings (SSSR count). The fourth-order valence-electron chi connectivity index (χ4n) is 1.91. The molecule has 0 saturated heterocycles. The second kappa shape index (κ2) is 7.55. The molecule has 0 radical (unpaired) electrons. The number of nitrogen functional groups attached to an aromatic ring is 1. The SMILES string of the molecule is Nn1c(COc2ccc(F)cc2)nnc1SCc1ccc(Cl)cc1. The number of nitrogens with zero attached hydrogens (tertiary/aromatic N) is 3. The quantitative estimate of drug-likeness (QED) is 0.534. The van der Waals surface area contributed by atoms with Gasteiger partial charge in [0.1, 0.15) is 18.2 Å². The number of hydrogen-bond donors (Lipinski definition) is 1. The highest BCUT2D eigenvalue weighted by Crippen LogP contribution is 2.22. The molecule has 24 heavy (non-hydrogen) atoms. The number of halogens is 2. The van der Waals surface area contributed by atoms with Crippen LogP contribution in [0.2, 0.25) is 5.02 Å². The maximum atomic E-state index is 12.9. The molecule has 1 aromatic heterocycles. The highest BCUT2D eigenvalue weighted by atomic mass is 35.5. The summed E-state index contributed by atoms with van der Waals surface area (Å²) in [5, 5.41) is 9.37. The third kappa shape index (κ3) is 4.18. The van der Waals surface area contributed by atoms with Crippen molar-refractivity contribution in [3.05, 3.63) is 70.8 Å². The van der Waals surface area contributed by atoms with Crippen LogP contribution in [0.1, 0.15) is 11.4 Å². The first kappa shape index (κ1) is 16.6. The van der Waals surface area contributed by atoms with Gasteiger partial charge in [0.2, 0.25) is 5.16 Å². The molecule has 0 amide bonds. The Balaban J connectivity index is 1.58. The minimum atomic E-state index is -0.315. The van der Waals surface area contributed by atoms with Gasteiger partial charge < -0.3 is 10.6 Å². The number of rotatable bonds is 6. The van der Waals surface area contributed by atoms with Crippen LogP contribution >= 0.6 is 23.4 Å². The van der Waals surface area contributed by atoms with E-state index >= 15 is 0 Å². The van der Waals surface area contributed by atoms with Crippen molar-refractivity contribution in [1.82, 2.24) is 14.9 Å². The van der Waals surface area contributed by atoms with E-state index in [4.69, 9.17) is 22.2 Å². The molecule has 1 heterocycles. The van der Waals surface area contributed by atoms with Crippen LogP contribution in [0.3, 0.4) is 0 Å². The van der Waals surface area contributed by atoms with E-state index in [0.29, 0.717) is 27.5 Å². The summed E-state index contributed by atoms with van der Waals surface area (Å²) >= 11 is 7.33. The van der Waals surface area contributed by atoms with Gasteiger partial charge in [0.05, 0.1) is 0 Å². The van der Waals surface area contributed by atoms with Crippen molar-refractivity contribution in [2.45, 2.75) is 17.5 Å². The molecular formula is C16H14ClFN4OS. The Morgan fingerprint density at radius 3 is 2.50 bits per heavy atom. The van der Waals surface area contributed by atoms with E-state index in [0.717, 1.165) is 5.56 Å². The van der Waals surface area contributed by atoms with Crippen molar-refractivity contribution >= 4 is 23.4 Å². The van der Waals surface area contributed by atoms with E-state index < -0.39 is 0 Å². The molecule has 124 valence electrons. The van der Waals surface area contributed by atoms with E-state index in [2.05, 4.69) is 10.2 Å². The van der Waals surface area contributed by atoms with Gasteiger partial charge in [-0.05, 0) is 42.0 Å². The molecule has 0 atom stereocenters. The molecule has 2 N–H and O–H groups in total. The van der Waals surface area contributed by atoms with Gasteiger partial charge in [-0.15, -0.1) is 10.2 Å². The molecule has 0 fully saturated rings. The first-order chi connectivity index (χ1) is 11.6. The molecular weight excluding hydrogens is 351 g/mol. The fraction of sp³-hybridized carbons (Fsp3) is 0.125. The van der Waals surface area contributed by atoms with Gasteiger partial charge in [0.25, 0.3) is 0 Å². The molecule has 0 aliphatic carbocycles. The van der Waals surface area contributed by atoms with Crippen LogP contribution in [0.25, 0.3) is 0 Å². The summed E-state index contributed by atoms with van der Waals surface area (Å²) in [6, 6.07) is 13.3. The van der Waals surface area contributed by atoms with Crippen LogP contribution < -0.4 is 10.6 Å². The predicted octanol–water partition coefficient (Wildman–Crippen LogP) is 3.66. The fourth-order valence-corrected chi connectivity index (χ4v) is 2.87. The van der Waals surface area contributed by atoms with Crippen molar-refractivity contribution in [3.63, 3.8) is 0 Å². The monoisotopic (exact) mass is 364 g/mol. The van der Waals surface area contributed by atoms with Gasteiger partial charge in [-0.1, -0.05) is 35.5 Å². The summed E-state index contributed by atoms with van der Waals surface area (Å²) in [6.07, 6.45) is 0. The number of nitrogens with two attached hydrogens (primary N) is 1. The van der Waals surface area contributed by atoms with E-state index in [1.165, 1.54) is 28.6 Å². The van der Waals surface area contributed by atoms with Crippen molar-refractivity contribution in [2.24, 2.45) is 0 Å². The third-order valence-electron chi connectivity index (χ3n) is 3.20. The average Bonchev–Trinajstić information content (AvgIpc) is 2.94. The number of hydrogen-bond acceptors (Lipinski definition) is 5. The van der Waals surface area contributed by atoms with Gasteiger partial charge in [-0.3, -0.25) is 0 Å². The zero-order valence-electron chi connectivity index (χ0n) is 12.5. The number of benzene rings is 2. The lowest BCUT2D eigenvalue weighted by Crippen LogP contribution is -2.15. The zero-order valence-corrected chi connectivity index (χ0v) is 14.1. The van der Waals surface area contributed by atoms with Crippen LogP contribution in [-0.2, 0) is 12.4 Å². The van der Waals surface area contributed by atoms with E-state index in [1.807, 2.05) is 24.3 Å². The van der Waals surface area contributed by atoms with E-state index in [9.17, 15) is 4.39 Å². The number of thioether (sulfide) groups is 1. The summed E-state index contributed by atoms with van der Waals surface area (Å²) in [6.45, 7) is 0.149. The van der Waals surface area contributed by atoms with Crippen molar-refractivity contribution < 1.29 is 9.13 Å². The first-order valence-electron chi connectivity index (χ1n) is 7.07. The Morgan fingerprint density at radius 1 is 1.08 bits per heavy atom. The van der Waals surface area contributed by atoms with Gasteiger partial charge in [0.15, 0.2) is 5.82 Å². The third-order valence-corrected chi connectivity index (χ3v) is 4.46. The molecule has 8 heteroatoms. The van der Waals surface area contributed by atoms with Gasteiger partial charge in [-0.25, -0.2) is 9.07 Å². The maximum Gasteiger partial charge on any atom is 0.210 e. The summed E-state index contributed by atoms with van der Waals surface area (Å²) in [7, 11) is 0. The zero-order chi connectivity index (χ0) is 16.9. The van der Waals surface area contributed by atoms with Crippen molar-refractivity contribution in [2.75, 3.05) is 5.84 Å². The number of aromatic nitrogens is 3. The van der Waals surface area contributed by atoms with Crippen molar-refractivity contribution in [1.29, 1.82) is 0 Å². The molecule has 0 aliphatic heterocycles. The van der Waals surface area contributed by atoms with E-state index in [1.54, 1.807) is 12.1 Å². The van der Waals surface area contributed by atoms with Crippen molar-refractivity contribution in [3.8, 4) is 5.75 Å². The Hall–Kier alpha value is -2.25. The Labute approximate surface area is 147 Å². The minimum Gasteiger partial charge on any atom is -0.486 e. The molecule has 3 aromatic rings. The second-order valence-corrected chi connectivity index (χ2v) is 6.31. The average molecular weight is 365 g/mol. The number of ether oxygens (including phenoxy) is 1. The van der Waals surface area contributed by atoms with Crippen LogP contribution in [-0.4, -0.2) is 14.9 Å².